The average molecular weight is 307 g/mol. The Kier molecular flexibility index (Phi) is 5.14. The maximum absolute atomic E-state index is 12.4. The number of nitrogens with zero attached hydrogens (tertiary/aromatic N) is 2. The van der Waals surface area contributed by atoms with Crippen LogP contribution in [0.4, 0.5) is 5.82 Å². The van der Waals surface area contributed by atoms with Crippen molar-refractivity contribution in [2.75, 3.05) is 18.1 Å². The molecule has 20 heavy (non-hydrogen) atoms. The zero-order chi connectivity index (χ0) is 14.5. The summed E-state index contributed by atoms with van der Waals surface area (Å²) >= 11 is 3.19. The lowest BCUT2D eigenvalue weighted by Gasteiger charge is -2.08. The molecule has 0 amide bonds. The van der Waals surface area contributed by atoms with Crippen molar-refractivity contribution < 1.29 is 4.79 Å². The zero-order valence-electron chi connectivity index (χ0n) is 11.8. The van der Waals surface area contributed by atoms with E-state index in [0.717, 1.165) is 26.9 Å². The lowest BCUT2D eigenvalue weighted by molar-refractivity contribution is 0.0986. The number of aryl methyl sites for hydroxylation is 1. The summed E-state index contributed by atoms with van der Waals surface area (Å²) in [5, 5.41) is 3.03. The number of carbonyl (C=O) groups is 1. The highest BCUT2D eigenvalue weighted by Crippen LogP contribution is 2.28. The van der Waals surface area contributed by atoms with E-state index in [4.69, 9.17) is 0 Å². The molecule has 2 aromatic heterocycles. The SMILES string of the molecule is CCSc1scnc1C(=O)Cc1cc(C)cnc1NC. The molecule has 0 saturated carbocycles. The van der Waals surface area contributed by atoms with Crippen LogP contribution in [0, 0.1) is 6.92 Å². The van der Waals surface area contributed by atoms with Gasteiger partial charge < -0.3 is 5.32 Å². The highest BCUT2D eigenvalue weighted by atomic mass is 32.2. The Hall–Kier alpha value is -1.40. The Bertz CT molecular complexity index is 610. The minimum absolute atomic E-state index is 0.0473. The van der Waals surface area contributed by atoms with Crippen molar-refractivity contribution in [1.29, 1.82) is 0 Å². The van der Waals surface area contributed by atoms with E-state index in [9.17, 15) is 4.79 Å². The van der Waals surface area contributed by atoms with Crippen LogP contribution in [0.3, 0.4) is 0 Å². The maximum Gasteiger partial charge on any atom is 0.187 e. The molecule has 0 radical (unpaired) electrons. The number of ketones is 1. The van der Waals surface area contributed by atoms with Crippen LogP contribution in [0.25, 0.3) is 0 Å². The summed E-state index contributed by atoms with van der Waals surface area (Å²) in [6, 6.07) is 2.00. The third-order valence-electron chi connectivity index (χ3n) is 2.77. The van der Waals surface area contributed by atoms with Crippen LogP contribution >= 0.6 is 23.1 Å². The van der Waals surface area contributed by atoms with Gasteiger partial charge in [-0.1, -0.05) is 13.0 Å². The summed E-state index contributed by atoms with van der Waals surface area (Å²) in [6.45, 7) is 4.05. The maximum atomic E-state index is 12.4. The third kappa shape index (κ3) is 3.37. The molecular formula is C14H17N3OS2. The molecule has 0 aliphatic carbocycles. The van der Waals surface area contributed by atoms with E-state index in [-0.39, 0.29) is 5.78 Å². The fourth-order valence-corrected chi connectivity index (χ4v) is 3.75. The summed E-state index contributed by atoms with van der Waals surface area (Å²) in [7, 11) is 1.81. The van der Waals surface area contributed by atoms with Gasteiger partial charge in [-0.15, -0.1) is 23.1 Å². The van der Waals surface area contributed by atoms with Gasteiger partial charge in [-0.05, 0) is 18.2 Å². The molecule has 1 N–H and O–H groups in total. The van der Waals surface area contributed by atoms with Crippen LogP contribution in [-0.2, 0) is 6.42 Å². The van der Waals surface area contributed by atoms with Crippen molar-refractivity contribution >= 4 is 34.7 Å². The molecule has 0 fully saturated rings. The smallest absolute Gasteiger partial charge is 0.187 e. The fraction of sp³-hybridized carbons (Fsp3) is 0.357. The van der Waals surface area contributed by atoms with Gasteiger partial charge in [-0.25, -0.2) is 9.97 Å². The Labute approximate surface area is 127 Å². The van der Waals surface area contributed by atoms with Gasteiger partial charge in [0, 0.05) is 25.2 Å². The molecule has 0 spiro atoms. The van der Waals surface area contributed by atoms with Gasteiger partial charge in [0.25, 0.3) is 0 Å². The van der Waals surface area contributed by atoms with Crippen molar-refractivity contribution in [3.63, 3.8) is 0 Å². The second-order valence-electron chi connectivity index (χ2n) is 4.29. The van der Waals surface area contributed by atoms with E-state index in [1.54, 1.807) is 23.5 Å². The Morgan fingerprint density at radius 1 is 1.45 bits per heavy atom. The van der Waals surface area contributed by atoms with Crippen molar-refractivity contribution in [3.8, 4) is 0 Å². The molecule has 106 valence electrons. The molecule has 0 unspecified atom stereocenters. The number of nitrogens with one attached hydrogen (secondary N) is 1. The standard InChI is InChI=1S/C14H17N3OS2/c1-4-19-14-12(17-8-20-14)11(18)6-10-5-9(2)7-16-13(10)15-3/h5,7-8H,4,6H2,1-3H3,(H,15,16). The molecule has 2 aromatic rings. The Morgan fingerprint density at radius 3 is 2.95 bits per heavy atom. The number of aromatic nitrogens is 2. The number of carbonyl (C=O) groups excluding carboxylic acids is 1. The van der Waals surface area contributed by atoms with Crippen LogP contribution < -0.4 is 5.32 Å². The third-order valence-corrected chi connectivity index (χ3v) is 4.77. The summed E-state index contributed by atoms with van der Waals surface area (Å²) in [5.41, 5.74) is 4.29. The summed E-state index contributed by atoms with van der Waals surface area (Å²) in [5.74, 6) is 1.74. The van der Waals surface area contributed by atoms with Gasteiger partial charge in [0.1, 0.15) is 11.5 Å². The van der Waals surface area contributed by atoms with Gasteiger partial charge in [0.05, 0.1) is 9.72 Å². The monoisotopic (exact) mass is 307 g/mol. The molecule has 0 atom stereocenters. The first kappa shape index (κ1) is 15.0. The molecule has 0 aliphatic rings. The lowest BCUT2D eigenvalue weighted by Crippen LogP contribution is -2.08. The summed E-state index contributed by atoms with van der Waals surface area (Å²) in [6.07, 6.45) is 2.12. The number of rotatable bonds is 6. The highest BCUT2D eigenvalue weighted by molar-refractivity contribution is 8.01. The number of Topliss-reactive ketones (excluding diaryl/α,β-unsaturated/α-hetero) is 1. The molecule has 0 aliphatic heterocycles. The van der Waals surface area contributed by atoms with Crippen LogP contribution in [0.2, 0.25) is 0 Å². The van der Waals surface area contributed by atoms with Crippen LogP contribution in [0.5, 0.6) is 0 Å². The predicted octanol–water partition coefficient (Wildman–Crippen LogP) is 3.43. The number of thiazole rings is 1. The first-order valence-corrected chi connectivity index (χ1v) is 8.25. The normalized spacial score (nSPS) is 10.6. The number of hydrogen-bond donors (Lipinski definition) is 1. The van der Waals surface area contributed by atoms with Crippen molar-refractivity contribution in [1.82, 2.24) is 9.97 Å². The molecule has 0 aromatic carbocycles. The topological polar surface area (TPSA) is 54.9 Å². The van der Waals surface area contributed by atoms with E-state index in [1.165, 1.54) is 11.3 Å². The van der Waals surface area contributed by atoms with Crippen molar-refractivity contribution in [3.05, 3.63) is 34.6 Å². The van der Waals surface area contributed by atoms with Gasteiger partial charge in [0.15, 0.2) is 5.78 Å². The molecule has 4 nitrogen and oxygen atoms in total. The van der Waals surface area contributed by atoms with E-state index in [2.05, 4.69) is 22.2 Å². The molecule has 0 bridgehead atoms. The second-order valence-corrected chi connectivity index (χ2v) is 6.68. The van der Waals surface area contributed by atoms with E-state index >= 15 is 0 Å². The molecular weight excluding hydrogens is 290 g/mol. The zero-order valence-corrected chi connectivity index (χ0v) is 13.4. The predicted molar refractivity (Wildman–Crippen MR) is 85.1 cm³/mol. The van der Waals surface area contributed by atoms with Crippen LogP contribution in [0.1, 0.15) is 28.5 Å². The molecule has 2 rings (SSSR count). The first-order chi connectivity index (χ1) is 9.65. The highest BCUT2D eigenvalue weighted by Gasteiger charge is 2.17. The summed E-state index contributed by atoms with van der Waals surface area (Å²) < 4.78 is 1.00. The lowest BCUT2D eigenvalue weighted by atomic mass is 10.1. The Morgan fingerprint density at radius 2 is 2.25 bits per heavy atom. The van der Waals surface area contributed by atoms with Crippen LogP contribution in [0.15, 0.2) is 22.0 Å². The van der Waals surface area contributed by atoms with E-state index in [1.807, 2.05) is 20.0 Å². The van der Waals surface area contributed by atoms with Gasteiger partial charge in [-0.2, -0.15) is 0 Å². The fourth-order valence-electron chi connectivity index (χ4n) is 1.90. The second kappa shape index (κ2) is 6.85. The first-order valence-electron chi connectivity index (χ1n) is 6.38. The van der Waals surface area contributed by atoms with E-state index < -0.39 is 0 Å². The number of pyridine rings is 1. The number of thioether (sulfide) groups is 1. The van der Waals surface area contributed by atoms with Gasteiger partial charge in [-0.3, -0.25) is 4.79 Å². The minimum atomic E-state index is 0.0473. The van der Waals surface area contributed by atoms with E-state index in [0.29, 0.717) is 12.1 Å². The molecule has 2 heterocycles. The minimum Gasteiger partial charge on any atom is -0.373 e. The van der Waals surface area contributed by atoms with Gasteiger partial charge >= 0.3 is 0 Å². The summed E-state index contributed by atoms with van der Waals surface area (Å²) in [4.78, 5) is 20.9. The number of anilines is 1. The molecule has 0 saturated heterocycles. The quantitative estimate of drug-likeness (QED) is 0.654. The number of hydrogen-bond acceptors (Lipinski definition) is 6. The molecule has 6 heteroatoms. The van der Waals surface area contributed by atoms with Crippen LogP contribution in [-0.4, -0.2) is 28.6 Å². The largest absolute Gasteiger partial charge is 0.373 e. The average Bonchev–Trinajstić information content (AvgIpc) is 2.88. The van der Waals surface area contributed by atoms with Gasteiger partial charge in [0.2, 0.25) is 0 Å². The Balaban J connectivity index is 2.23. The van der Waals surface area contributed by atoms with Crippen molar-refractivity contribution in [2.45, 2.75) is 24.5 Å². The van der Waals surface area contributed by atoms with Crippen molar-refractivity contribution in [2.24, 2.45) is 0 Å².